The van der Waals surface area contributed by atoms with Crippen LogP contribution < -0.4 is 10.6 Å². The Morgan fingerprint density at radius 3 is 2.62 bits per heavy atom. The van der Waals surface area contributed by atoms with E-state index < -0.39 is 0 Å². The Morgan fingerprint density at radius 2 is 2.00 bits per heavy atom. The quantitative estimate of drug-likeness (QED) is 0.748. The molecule has 0 aromatic carbocycles. The van der Waals surface area contributed by atoms with Crippen LogP contribution in [0.1, 0.15) is 12.8 Å². The predicted octanol–water partition coefficient (Wildman–Crippen LogP) is 1.92. The second-order valence-electron chi connectivity index (χ2n) is 3.25. The maximum Gasteiger partial charge on any atom is 0.0843 e. The van der Waals surface area contributed by atoms with Crippen molar-refractivity contribution in [2.75, 3.05) is 23.7 Å². The third-order valence-electron chi connectivity index (χ3n) is 2.32. The molecule has 0 aliphatic carbocycles. The first-order chi connectivity index (χ1) is 6.29. The van der Waals surface area contributed by atoms with Crippen LogP contribution in [0.2, 0.25) is 5.02 Å². The number of halogens is 1. The maximum atomic E-state index is 6.03. The third-order valence-corrected chi connectivity index (χ3v) is 2.60. The van der Waals surface area contributed by atoms with Gasteiger partial charge in [0.15, 0.2) is 0 Å². The molecular weight excluding hydrogens is 186 g/mol. The predicted molar refractivity (Wildman–Crippen MR) is 55.1 cm³/mol. The van der Waals surface area contributed by atoms with Gasteiger partial charge in [0.05, 0.1) is 22.6 Å². The largest absolute Gasteiger partial charge is 0.396 e. The number of nitrogens with two attached hydrogens (primary N) is 1. The van der Waals surface area contributed by atoms with Gasteiger partial charge in [-0.3, -0.25) is 4.98 Å². The van der Waals surface area contributed by atoms with Crippen molar-refractivity contribution in [1.82, 2.24) is 4.98 Å². The van der Waals surface area contributed by atoms with Crippen molar-refractivity contribution in [3.63, 3.8) is 0 Å². The molecule has 0 spiro atoms. The molecule has 2 N–H and O–H groups in total. The molecule has 2 heterocycles. The Bertz CT molecular complexity index is 287. The number of hydrogen-bond acceptors (Lipinski definition) is 3. The molecule has 0 unspecified atom stereocenters. The highest BCUT2D eigenvalue weighted by Crippen LogP contribution is 2.32. The lowest BCUT2D eigenvalue weighted by Gasteiger charge is -2.20. The SMILES string of the molecule is Nc1cncc(Cl)c1N1CCCC1. The van der Waals surface area contributed by atoms with Crippen LogP contribution in [0.3, 0.4) is 0 Å². The molecule has 1 aromatic heterocycles. The maximum absolute atomic E-state index is 6.03. The second-order valence-corrected chi connectivity index (χ2v) is 3.66. The average molecular weight is 198 g/mol. The first kappa shape index (κ1) is 8.63. The van der Waals surface area contributed by atoms with Crippen molar-refractivity contribution >= 4 is 23.0 Å². The molecule has 70 valence electrons. The lowest BCUT2D eigenvalue weighted by molar-refractivity contribution is 0.949. The smallest absolute Gasteiger partial charge is 0.0843 e. The highest BCUT2D eigenvalue weighted by molar-refractivity contribution is 6.33. The van der Waals surface area contributed by atoms with Crippen LogP contribution in [-0.4, -0.2) is 18.1 Å². The zero-order valence-corrected chi connectivity index (χ0v) is 8.09. The van der Waals surface area contributed by atoms with Gasteiger partial charge in [-0.2, -0.15) is 0 Å². The number of aromatic nitrogens is 1. The van der Waals surface area contributed by atoms with Crippen LogP contribution in [0.25, 0.3) is 0 Å². The van der Waals surface area contributed by atoms with Crippen molar-refractivity contribution < 1.29 is 0 Å². The van der Waals surface area contributed by atoms with Gasteiger partial charge in [-0.25, -0.2) is 0 Å². The van der Waals surface area contributed by atoms with Crippen LogP contribution in [0, 0.1) is 0 Å². The minimum atomic E-state index is 0.655. The molecule has 4 heteroatoms. The molecule has 1 aromatic rings. The summed E-state index contributed by atoms with van der Waals surface area (Å²) < 4.78 is 0. The van der Waals surface area contributed by atoms with Crippen LogP contribution >= 0.6 is 11.6 Å². The summed E-state index contributed by atoms with van der Waals surface area (Å²) in [5.41, 5.74) is 7.44. The monoisotopic (exact) mass is 197 g/mol. The Kier molecular flexibility index (Phi) is 2.27. The van der Waals surface area contributed by atoms with Crippen LogP contribution in [0.5, 0.6) is 0 Å². The van der Waals surface area contributed by atoms with Gasteiger partial charge < -0.3 is 10.6 Å². The summed E-state index contributed by atoms with van der Waals surface area (Å²) in [6.45, 7) is 2.10. The van der Waals surface area contributed by atoms with Crippen molar-refractivity contribution in [3.8, 4) is 0 Å². The molecule has 1 aliphatic rings. The van der Waals surface area contributed by atoms with E-state index in [4.69, 9.17) is 17.3 Å². The number of nitrogens with zero attached hydrogens (tertiary/aromatic N) is 2. The summed E-state index contributed by atoms with van der Waals surface area (Å²) in [5, 5.41) is 0.655. The number of nitrogen functional groups attached to an aromatic ring is 1. The molecule has 0 radical (unpaired) electrons. The fraction of sp³-hybridized carbons (Fsp3) is 0.444. The summed E-state index contributed by atoms with van der Waals surface area (Å²) in [6, 6.07) is 0. The minimum Gasteiger partial charge on any atom is -0.396 e. The van der Waals surface area contributed by atoms with Crippen molar-refractivity contribution in [2.45, 2.75) is 12.8 Å². The fourth-order valence-electron chi connectivity index (χ4n) is 1.72. The molecule has 13 heavy (non-hydrogen) atoms. The van der Waals surface area contributed by atoms with E-state index in [0.717, 1.165) is 18.8 Å². The van der Waals surface area contributed by atoms with Gasteiger partial charge in [-0.15, -0.1) is 0 Å². The standard InChI is InChI=1S/C9H12ClN3/c10-7-5-12-6-8(11)9(7)13-3-1-2-4-13/h5-6H,1-4,11H2. The highest BCUT2D eigenvalue weighted by Gasteiger charge is 2.17. The molecule has 0 bridgehead atoms. The van der Waals surface area contributed by atoms with Crippen molar-refractivity contribution in [1.29, 1.82) is 0 Å². The molecule has 0 saturated carbocycles. The van der Waals surface area contributed by atoms with Crippen LogP contribution in [0.15, 0.2) is 12.4 Å². The van der Waals surface area contributed by atoms with Gasteiger partial charge in [-0.05, 0) is 12.8 Å². The van der Waals surface area contributed by atoms with E-state index in [1.54, 1.807) is 12.4 Å². The Labute approximate surface area is 82.5 Å². The molecule has 1 fully saturated rings. The lowest BCUT2D eigenvalue weighted by atomic mass is 10.3. The average Bonchev–Trinajstić information content (AvgIpc) is 2.57. The Balaban J connectivity index is 2.37. The Hall–Kier alpha value is -0.960. The normalized spacial score (nSPS) is 16.5. The molecule has 1 saturated heterocycles. The van der Waals surface area contributed by atoms with E-state index in [-0.39, 0.29) is 0 Å². The summed E-state index contributed by atoms with van der Waals surface area (Å²) in [4.78, 5) is 6.15. The van der Waals surface area contributed by atoms with E-state index in [1.807, 2.05) is 0 Å². The second kappa shape index (κ2) is 3.42. The molecule has 2 rings (SSSR count). The van der Waals surface area contributed by atoms with E-state index in [2.05, 4.69) is 9.88 Å². The zero-order chi connectivity index (χ0) is 9.26. The minimum absolute atomic E-state index is 0.655. The fourth-order valence-corrected chi connectivity index (χ4v) is 2.00. The van der Waals surface area contributed by atoms with E-state index in [1.165, 1.54) is 12.8 Å². The van der Waals surface area contributed by atoms with E-state index >= 15 is 0 Å². The van der Waals surface area contributed by atoms with Gasteiger partial charge in [0.1, 0.15) is 0 Å². The van der Waals surface area contributed by atoms with E-state index in [0.29, 0.717) is 10.7 Å². The van der Waals surface area contributed by atoms with Crippen molar-refractivity contribution in [2.24, 2.45) is 0 Å². The van der Waals surface area contributed by atoms with Crippen molar-refractivity contribution in [3.05, 3.63) is 17.4 Å². The van der Waals surface area contributed by atoms with Gasteiger partial charge >= 0.3 is 0 Å². The molecule has 0 amide bonds. The molecule has 0 atom stereocenters. The van der Waals surface area contributed by atoms with Gasteiger partial charge in [-0.1, -0.05) is 11.6 Å². The highest BCUT2D eigenvalue weighted by atomic mass is 35.5. The topological polar surface area (TPSA) is 42.1 Å². The number of anilines is 2. The van der Waals surface area contributed by atoms with Crippen LogP contribution in [0.4, 0.5) is 11.4 Å². The molecule has 1 aliphatic heterocycles. The van der Waals surface area contributed by atoms with Gasteiger partial charge in [0, 0.05) is 19.3 Å². The number of rotatable bonds is 1. The van der Waals surface area contributed by atoms with Crippen LogP contribution in [-0.2, 0) is 0 Å². The lowest BCUT2D eigenvalue weighted by Crippen LogP contribution is -2.19. The zero-order valence-electron chi connectivity index (χ0n) is 7.33. The Morgan fingerprint density at radius 1 is 1.31 bits per heavy atom. The number of hydrogen-bond donors (Lipinski definition) is 1. The molecular formula is C9H12ClN3. The first-order valence-corrected chi connectivity index (χ1v) is 4.81. The number of pyridine rings is 1. The summed E-state index contributed by atoms with van der Waals surface area (Å²) in [6.07, 6.45) is 5.74. The van der Waals surface area contributed by atoms with Gasteiger partial charge in [0.2, 0.25) is 0 Å². The third kappa shape index (κ3) is 1.56. The summed E-state index contributed by atoms with van der Waals surface area (Å²) in [5.74, 6) is 0. The van der Waals surface area contributed by atoms with Gasteiger partial charge in [0.25, 0.3) is 0 Å². The van der Waals surface area contributed by atoms with E-state index in [9.17, 15) is 0 Å². The summed E-state index contributed by atoms with van der Waals surface area (Å²) in [7, 11) is 0. The first-order valence-electron chi connectivity index (χ1n) is 4.43. The summed E-state index contributed by atoms with van der Waals surface area (Å²) >= 11 is 6.03. The molecule has 3 nitrogen and oxygen atoms in total.